The third-order valence-corrected chi connectivity index (χ3v) is 6.78. The highest BCUT2D eigenvalue weighted by Crippen LogP contribution is 2.43. The molecule has 0 atom stereocenters. The van der Waals surface area contributed by atoms with Crippen LogP contribution in [0.15, 0.2) is 94.8 Å². The summed E-state index contributed by atoms with van der Waals surface area (Å²) in [5, 5.41) is 0.627. The van der Waals surface area contributed by atoms with Crippen LogP contribution in [0.4, 0.5) is 11.4 Å². The van der Waals surface area contributed by atoms with Gasteiger partial charge in [0.25, 0.3) is 0 Å². The number of rotatable bonds is 5. The number of halogens is 1. The Balaban J connectivity index is 1.56. The molecule has 1 aliphatic heterocycles. The van der Waals surface area contributed by atoms with Crippen LogP contribution in [0.2, 0.25) is 0 Å². The highest BCUT2D eigenvalue weighted by atomic mass is 79.9. The Labute approximate surface area is 210 Å². The normalized spacial score (nSPS) is 12.0. The Bertz CT molecular complexity index is 1620. The fourth-order valence-electron chi connectivity index (χ4n) is 4.60. The SMILES string of the molecule is CN1c2ccc(Br)cc2-n2cc(Cc3cccnc3)c(=O)c3cc(OCc4cccnc4)cc1c32. The minimum absolute atomic E-state index is 0.0000256. The van der Waals surface area contributed by atoms with Gasteiger partial charge in [-0.1, -0.05) is 28.1 Å². The fourth-order valence-corrected chi connectivity index (χ4v) is 4.95. The first-order valence-corrected chi connectivity index (χ1v) is 12.0. The van der Waals surface area contributed by atoms with Crippen molar-refractivity contribution in [3.8, 4) is 11.4 Å². The van der Waals surface area contributed by atoms with Gasteiger partial charge < -0.3 is 14.2 Å². The first-order chi connectivity index (χ1) is 17.1. The molecule has 0 bridgehead atoms. The van der Waals surface area contributed by atoms with E-state index in [0.717, 1.165) is 38.2 Å². The molecule has 0 aliphatic carbocycles. The Morgan fingerprint density at radius 1 is 0.914 bits per heavy atom. The quantitative estimate of drug-likeness (QED) is 0.291. The van der Waals surface area contributed by atoms with Crippen LogP contribution in [0.1, 0.15) is 16.7 Å². The molecular weight excluding hydrogens is 504 g/mol. The molecular formula is C28H21BrN4O2. The third kappa shape index (κ3) is 3.88. The summed E-state index contributed by atoms with van der Waals surface area (Å²) < 4.78 is 9.25. The number of nitrogens with zero attached hydrogens (tertiary/aromatic N) is 4. The Kier molecular flexibility index (Phi) is 5.34. The summed E-state index contributed by atoms with van der Waals surface area (Å²) in [6.45, 7) is 0.371. The number of ether oxygens (including phenoxy) is 1. The molecule has 0 saturated heterocycles. The fraction of sp³-hybridized carbons (Fsp3) is 0.107. The first kappa shape index (κ1) is 21.6. The summed E-state index contributed by atoms with van der Waals surface area (Å²) in [5.41, 5.74) is 6.50. The van der Waals surface area contributed by atoms with E-state index in [1.807, 2.05) is 55.7 Å². The molecule has 2 aromatic carbocycles. The molecule has 0 amide bonds. The number of hydrogen-bond donors (Lipinski definition) is 0. The molecule has 0 spiro atoms. The molecule has 0 N–H and O–H groups in total. The van der Waals surface area contributed by atoms with Crippen LogP contribution in [-0.2, 0) is 13.0 Å². The van der Waals surface area contributed by atoms with Crippen LogP contribution in [0.3, 0.4) is 0 Å². The van der Waals surface area contributed by atoms with Gasteiger partial charge in [-0.3, -0.25) is 14.8 Å². The van der Waals surface area contributed by atoms with Crippen molar-refractivity contribution in [2.24, 2.45) is 0 Å². The number of anilines is 2. The Hall–Kier alpha value is -3.97. The highest BCUT2D eigenvalue weighted by molar-refractivity contribution is 9.10. The minimum Gasteiger partial charge on any atom is -0.489 e. The highest BCUT2D eigenvalue weighted by Gasteiger charge is 2.25. The van der Waals surface area contributed by atoms with E-state index in [9.17, 15) is 4.79 Å². The van der Waals surface area contributed by atoms with Gasteiger partial charge in [-0.2, -0.15) is 0 Å². The lowest BCUT2D eigenvalue weighted by Gasteiger charge is -2.32. The third-order valence-electron chi connectivity index (χ3n) is 6.29. The van der Waals surface area contributed by atoms with Crippen LogP contribution >= 0.6 is 15.9 Å². The molecule has 4 heterocycles. The van der Waals surface area contributed by atoms with Crippen LogP contribution < -0.4 is 15.1 Å². The van der Waals surface area contributed by atoms with E-state index < -0.39 is 0 Å². The first-order valence-electron chi connectivity index (χ1n) is 11.2. The zero-order valence-corrected chi connectivity index (χ0v) is 20.6. The van der Waals surface area contributed by atoms with E-state index in [2.05, 4.69) is 47.5 Å². The number of aromatic nitrogens is 3. The summed E-state index contributed by atoms with van der Waals surface area (Å²) >= 11 is 3.61. The monoisotopic (exact) mass is 524 g/mol. The predicted octanol–water partition coefficient (Wildman–Crippen LogP) is 5.79. The van der Waals surface area contributed by atoms with Crippen molar-refractivity contribution in [2.45, 2.75) is 13.0 Å². The average Bonchev–Trinajstić information content (AvgIpc) is 2.89. The van der Waals surface area contributed by atoms with Gasteiger partial charge in [0.2, 0.25) is 0 Å². The van der Waals surface area contributed by atoms with Gasteiger partial charge in [0.05, 0.1) is 28.0 Å². The second kappa shape index (κ2) is 8.67. The van der Waals surface area contributed by atoms with Crippen molar-refractivity contribution < 1.29 is 4.74 Å². The summed E-state index contributed by atoms with van der Waals surface area (Å²) in [4.78, 5) is 24.3. The maximum Gasteiger partial charge on any atom is 0.193 e. The maximum atomic E-state index is 13.8. The smallest absolute Gasteiger partial charge is 0.193 e. The number of pyridine rings is 3. The summed E-state index contributed by atoms with van der Waals surface area (Å²) in [7, 11) is 2.02. The topological polar surface area (TPSA) is 60.2 Å². The van der Waals surface area contributed by atoms with Gasteiger partial charge in [0.15, 0.2) is 5.43 Å². The molecule has 6 rings (SSSR count). The van der Waals surface area contributed by atoms with E-state index in [4.69, 9.17) is 4.74 Å². The standard InChI is InChI=1S/C28H21BrN4O2/c1-32-24-7-6-21(29)11-25(24)33-16-20(10-18-4-2-8-30-14-18)28(34)23-12-22(13-26(32)27(23)33)35-17-19-5-3-9-31-15-19/h2-9,11-16H,10,17H2,1H3. The number of benzene rings is 2. The van der Waals surface area contributed by atoms with Crippen molar-refractivity contribution in [3.05, 3.63) is 117 Å². The van der Waals surface area contributed by atoms with E-state index in [0.29, 0.717) is 29.7 Å². The lowest BCUT2D eigenvalue weighted by atomic mass is 10.0. The molecule has 0 radical (unpaired) electrons. The minimum atomic E-state index is 0.0000256. The van der Waals surface area contributed by atoms with Crippen molar-refractivity contribution in [1.29, 1.82) is 0 Å². The van der Waals surface area contributed by atoms with Crippen LogP contribution in [-0.4, -0.2) is 21.6 Å². The lowest BCUT2D eigenvalue weighted by molar-refractivity contribution is 0.306. The molecule has 0 unspecified atom stereocenters. The predicted molar refractivity (Wildman–Crippen MR) is 141 cm³/mol. The zero-order chi connectivity index (χ0) is 23.9. The molecule has 5 aromatic rings. The second-order valence-electron chi connectivity index (χ2n) is 8.57. The van der Waals surface area contributed by atoms with Gasteiger partial charge in [0, 0.05) is 66.1 Å². The Morgan fingerprint density at radius 3 is 2.43 bits per heavy atom. The van der Waals surface area contributed by atoms with Gasteiger partial charge in [-0.05, 0) is 42.0 Å². The van der Waals surface area contributed by atoms with Gasteiger partial charge in [-0.25, -0.2) is 0 Å². The van der Waals surface area contributed by atoms with Crippen LogP contribution in [0.5, 0.6) is 5.75 Å². The molecule has 35 heavy (non-hydrogen) atoms. The maximum absolute atomic E-state index is 13.8. The van der Waals surface area contributed by atoms with E-state index in [1.54, 1.807) is 24.8 Å². The summed E-state index contributed by atoms with van der Waals surface area (Å²) in [5.74, 6) is 0.644. The Morgan fingerprint density at radius 2 is 1.69 bits per heavy atom. The van der Waals surface area contributed by atoms with Gasteiger partial charge in [-0.15, -0.1) is 0 Å². The van der Waals surface area contributed by atoms with Crippen LogP contribution in [0.25, 0.3) is 16.6 Å². The van der Waals surface area contributed by atoms with Crippen molar-refractivity contribution >= 4 is 38.2 Å². The molecule has 1 aliphatic rings. The number of hydrogen-bond acceptors (Lipinski definition) is 5. The molecule has 3 aromatic heterocycles. The molecule has 0 saturated carbocycles. The second-order valence-corrected chi connectivity index (χ2v) is 9.49. The van der Waals surface area contributed by atoms with E-state index in [-0.39, 0.29) is 5.43 Å². The summed E-state index contributed by atoms with van der Waals surface area (Å²) in [6, 6.07) is 17.8. The molecule has 6 nitrogen and oxygen atoms in total. The van der Waals surface area contributed by atoms with Crippen molar-refractivity contribution in [1.82, 2.24) is 14.5 Å². The van der Waals surface area contributed by atoms with Crippen LogP contribution in [0, 0.1) is 0 Å². The zero-order valence-electron chi connectivity index (χ0n) is 19.0. The average molecular weight is 525 g/mol. The van der Waals surface area contributed by atoms with Gasteiger partial charge in [0.1, 0.15) is 12.4 Å². The summed E-state index contributed by atoms with van der Waals surface area (Å²) in [6.07, 6.45) is 9.53. The molecule has 0 fully saturated rings. The molecule has 7 heteroatoms. The van der Waals surface area contributed by atoms with Crippen molar-refractivity contribution in [2.75, 3.05) is 11.9 Å². The van der Waals surface area contributed by atoms with E-state index in [1.165, 1.54) is 0 Å². The van der Waals surface area contributed by atoms with Gasteiger partial charge >= 0.3 is 0 Å². The molecule has 172 valence electrons. The largest absolute Gasteiger partial charge is 0.489 e. The van der Waals surface area contributed by atoms with E-state index >= 15 is 0 Å². The lowest BCUT2D eigenvalue weighted by Crippen LogP contribution is -2.23. The number of fused-ring (bicyclic) bond motifs is 2. The van der Waals surface area contributed by atoms with Crippen molar-refractivity contribution in [3.63, 3.8) is 0 Å².